The molecular weight excluding hydrogens is 312 g/mol. The van der Waals surface area contributed by atoms with E-state index in [-0.39, 0.29) is 5.57 Å². The van der Waals surface area contributed by atoms with Gasteiger partial charge in [-0.1, -0.05) is 47.5 Å². The van der Waals surface area contributed by atoms with Crippen LogP contribution in [0.4, 0.5) is 5.69 Å². The van der Waals surface area contributed by atoms with Crippen molar-refractivity contribution in [1.82, 2.24) is 5.43 Å². The molecule has 1 heterocycles. The van der Waals surface area contributed by atoms with Gasteiger partial charge in [0.1, 0.15) is 5.57 Å². The third kappa shape index (κ3) is 2.98. The highest BCUT2D eigenvalue weighted by Crippen LogP contribution is 2.26. The predicted molar refractivity (Wildman–Crippen MR) is 91.0 cm³/mol. The number of amides is 2. The monoisotopic (exact) mass is 326 g/mol. The molecule has 23 heavy (non-hydrogen) atoms. The van der Waals surface area contributed by atoms with Gasteiger partial charge in [-0.15, -0.1) is 0 Å². The van der Waals surface area contributed by atoms with Crippen molar-refractivity contribution in [2.45, 2.75) is 13.8 Å². The molecule has 0 aromatic heterocycles. The van der Waals surface area contributed by atoms with Gasteiger partial charge in [-0.25, -0.2) is 5.01 Å². The summed E-state index contributed by atoms with van der Waals surface area (Å²) in [6.07, 6.45) is 1.59. The topological polar surface area (TPSA) is 49.4 Å². The zero-order valence-electron chi connectivity index (χ0n) is 12.8. The van der Waals surface area contributed by atoms with Crippen LogP contribution in [0.25, 0.3) is 6.08 Å². The number of halogens is 1. The lowest BCUT2D eigenvalue weighted by molar-refractivity contribution is -0.117. The standard InChI is InChI=1S/C18H15ClN2O2/c1-11-3-6-13(7-4-11)9-15-17(22)20-21(18(15)23)14-8-5-12(2)16(19)10-14/h3-10H,1-2H3,(H,20,22)/b15-9-. The lowest BCUT2D eigenvalue weighted by atomic mass is 10.1. The van der Waals surface area contributed by atoms with E-state index in [2.05, 4.69) is 5.43 Å². The molecule has 4 nitrogen and oxygen atoms in total. The Kier molecular flexibility index (Phi) is 3.92. The molecule has 0 unspecified atom stereocenters. The van der Waals surface area contributed by atoms with Crippen molar-refractivity contribution in [3.8, 4) is 0 Å². The van der Waals surface area contributed by atoms with Gasteiger partial charge in [0.25, 0.3) is 11.8 Å². The summed E-state index contributed by atoms with van der Waals surface area (Å²) in [5.41, 5.74) is 6.03. The first-order valence-corrected chi connectivity index (χ1v) is 7.53. The number of carbonyl (C=O) groups is 2. The fourth-order valence-corrected chi connectivity index (χ4v) is 2.46. The van der Waals surface area contributed by atoms with Crippen molar-refractivity contribution in [3.63, 3.8) is 0 Å². The number of anilines is 1. The van der Waals surface area contributed by atoms with Gasteiger partial charge in [-0.05, 0) is 43.2 Å². The summed E-state index contributed by atoms with van der Waals surface area (Å²) in [5.74, 6) is -0.817. The molecule has 2 aromatic carbocycles. The number of carbonyl (C=O) groups excluding carboxylic acids is 2. The molecule has 1 aliphatic heterocycles. The normalized spacial score (nSPS) is 16.1. The maximum Gasteiger partial charge on any atom is 0.282 e. The van der Waals surface area contributed by atoms with Crippen LogP contribution in [0, 0.1) is 13.8 Å². The number of hydrogen-bond acceptors (Lipinski definition) is 2. The maximum atomic E-state index is 12.5. The highest BCUT2D eigenvalue weighted by molar-refractivity contribution is 6.33. The molecule has 3 rings (SSSR count). The number of aryl methyl sites for hydroxylation is 2. The van der Waals surface area contributed by atoms with Gasteiger partial charge in [0.05, 0.1) is 5.69 Å². The number of nitrogens with one attached hydrogen (secondary N) is 1. The second kappa shape index (κ2) is 5.89. The van der Waals surface area contributed by atoms with Crippen molar-refractivity contribution < 1.29 is 9.59 Å². The van der Waals surface area contributed by atoms with E-state index in [4.69, 9.17) is 11.6 Å². The third-order valence-electron chi connectivity index (χ3n) is 3.69. The highest BCUT2D eigenvalue weighted by Gasteiger charge is 2.34. The van der Waals surface area contributed by atoms with Crippen LogP contribution in [-0.4, -0.2) is 11.8 Å². The van der Waals surface area contributed by atoms with Gasteiger partial charge in [0.2, 0.25) is 0 Å². The van der Waals surface area contributed by atoms with Crippen LogP contribution in [-0.2, 0) is 9.59 Å². The van der Waals surface area contributed by atoms with Crippen LogP contribution in [0.5, 0.6) is 0 Å². The largest absolute Gasteiger partial charge is 0.282 e. The van der Waals surface area contributed by atoms with Gasteiger partial charge < -0.3 is 0 Å². The number of nitrogens with zero attached hydrogens (tertiary/aromatic N) is 1. The predicted octanol–water partition coefficient (Wildman–Crippen LogP) is 3.42. The second-order valence-corrected chi connectivity index (χ2v) is 5.89. The smallest absolute Gasteiger partial charge is 0.267 e. The average molecular weight is 327 g/mol. The number of hydrogen-bond donors (Lipinski definition) is 1. The van der Waals surface area contributed by atoms with Gasteiger partial charge in [0, 0.05) is 5.02 Å². The summed E-state index contributed by atoms with van der Waals surface area (Å²) in [6, 6.07) is 12.8. The molecule has 0 spiro atoms. The Balaban J connectivity index is 1.93. The van der Waals surface area contributed by atoms with Gasteiger partial charge in [0.15, 0.2) is 0 Å². The minimum Gasteiger partial charge on any atom is -0.267 e. The molecule has 2 aromatic rings. The summed E-state index contributed by atoms with van der Waals surface area (Å²) >= 11 is 6.09. The molecule has 0 aliphatic carbocycles. The third-order valence-corrected chi connectivity index (χ3v) is 4.10. The molecule has 116 valence electrons. The van der Waals surface area contributed by atoms with Crippen molar-refractivity contribution in [1.29, 1.82) is 0 Å². The first-order chi connectivity index (χ1) is 11.0. The first-order valence-electron chi connectivity index (χ1n) is 7.15. The Morgan fingerprint density at radius 3 is 2.39 bits per heavy atom. The van der Waals surface area contributed by atoms with E-state index in [1.54, 1.807) is 24.3 Å². The summed E-state index contributed by atoms with van der Waals surface area (Å²) in [7, 11) is 0. The van der Waals surface area contributed by atoms with Crippen LogP contribution in [0.1, 0.15) is 16.7 Å². The highest BCUT2D eigenvalue weighted by atomic mass is 35.5. The maximum absolute atomic E-state index is 12.5. The average Bonchev–Trinajstić information content (AvgIpc) is 2.80. The molecule has 1 saturated heterocycles. The van der Waals surface area contributed by atoms with Crippen molar-refractivity contribution in [2.24, 2.45) is 0 Å². The van der Waals surface area contributed by atoms with Crippen LogP contribution < -0.4 is 10.4 Å². The van der Waals surface area contributed by atoms with Crippen LogP contribution in [0.2, 0.25) is 5.02 Å². The minimum absolute atomic E-state index is 0.102. The van der Waals surface area contributed by atoms with Crippen LogP contribution in [0.3, 0.4) is 0 Å². The SMILES string of the molecule is Cc1ccc(/C=C2/C(=O)NN(c3ccc(C)c(Cl)c3)C2=O)cc1. The summed E-state index contributed by atoms with van der Waals surface area (Å²) in [5, 5.41) is 1.76. The molecule has 0 saturated carbocycles. The number of rotatable bonds is 2. The van der Waals surface area contributed by atoms with E-state index in [0.29, 0.717) is 10.7 Å². The minimum atomic E-state index is -0.424. The molecular formula is C18H15ClN2O2. The van der Waals surface area contributed by atoms with E-state index >= 15 is 0 Å². The van der Waals surface area contributed by atoms with E-state index in [1.165, 1.54) is 5.01 Å². The zero-order valence-corrected chi connectivity index (χ0v) is 13.5. The van der Waals surface area contributed by atoms with E-state index in [0.717, 1.165) is 16.7 Å². The first kappa shape index (κ1) is 15.3. The zero-order chi connectivity index (χ0) is 16.6. The van der Waals surface area contributed by atoms with Gasteiger partial charge >= 0.3 is 0 Å². The molecule has 0 bridgehead atoms. The Hall–Kier alpha value is -2.59. The Labute approximate surface area is 139 Å². The van der Waals surface area contributed by atoms with Crippen molar-refractivity contribution in [3.05, 3.63) is 69.8 Å². The lowest BCUT2D eigenvalue weighted by Gasteiger charge is -2.15. The molecule has 1 N–H and O–H groups in total. The fourth-order valence-electron chi connectivity index (χ4n) is 2.29. The van der Waals surface area contributed by atoms with Crippen LogP contribution in [0.15, 0.2) is 48.0 Å². The second-order valence-electron chi connectivity index (χ2n) is 5.48. The molecule has 5 heteroatoms. The summed E-state index contributed by atoms with van der Waals surface area (Å²) in [4.78, 5) is 24.6. The number of hydrazine groups is 1. The summed E-state index contributed by atoms with van der Waals surface area (Å²) in [6.45, 7) is 3.85. The van der Waals surface area contributed by atoms with Gasteiger partial charge in [-0.3, -0.25) is 15.0 Å². The Bertz CT molecular complexity index is 825. The Morgan fingerprint density at radius 2 is 1.74 bits per heavy atom. The van der Waals surface area contributed by atoms with Crippen molar-refractivity contribution in [2.75, 3.05) is 5.01 Å². The summed E-state index contributed by atoms with van der Waals surface area (Å²) < 4.78 is 0. The van der Waals surface area contributed by atoms with Gasteiger partial charge in [-0.2, -0.15) is 0 Å². The quantitative estimate of drug-likeness (QED) is 0.679. The van der Waals surface area contributed by atoms with E-state index in [1.807, 2.05) is 38.1 Å². The van der Waals surface area contributed by atoms with Crippen molar-refractivity contribution >= 4 is 35.2 Å². The Morgan fingerprint density at radius 1 is 1.04 bits per heavy atom. The molecule has 1 fully saturated rings. The fraction of sp³-hybridized carbons (Fsp3) is 0.111. The lowest BCUT2D eigenvalue weighted by Crippen LogP contribution is -2.35. The van der Waals surface area contributed by atoms with E-state index < -0.39 is 11.8 Å². The van der Waals surface area contributed by atoms with Crippen LogP contribution >= 0.6 is 11.6 Å². The molecule has 0 atom stereocenters. The van der Waals surface area contributed by atoms with E-state index in [9.17, 15) is 9.59 Å². The molecule has 1 aliphatic rings. The molecule has 0 radical (unpaired) electrons. The molecule has 2 amide bonds. The number of benzene rings is 2.